The van der Waals surface area contributed by atoms with Gasteiger partial charge in [-0.1, -0.05) is 38.5 Å². The van der Waals surface area contributed by atoms with E-state index in [1.807, 2.05) is 0 Å². The maximum Gasteiger partial charge on any atom is 0.0694 e. The van der Waals surface area contributed by atoms with Crippen LogP contribution >= 0.6 is 0 Å². The molecule has 0 unspecified atom stereocenters. The van der Waals surface area contributed by atoms with Crippen LogP contribution in [0, 0.1) is 6.92 Å². The van der Waals surface area contributed by atoms with Crippen LogP contribution in [-0.2, 0) is 19.4 Å². The van der Waals surface area contributed by atoms with Crippen molar-refractivity contribution in [1.82, 2.24) is 15.1 Å². The smallest absolute Gasteiger partial charge is 0.0694 e. The van der Waals surface area contributed by atoms with E-state index in [2.05, 4.69) is 62.0 Å². The van der Waals surface area contributed by atoms with E-state index >= 15 is 0 Å². The zero-order valence-electron chi connectivity index (χ0n) is 13.7. The molecular formula is C18H27N3. The lowest BCUT2D eigenvalue weighted by Crippen LogP contribution is -2.16. The molecule has 3 nitrogen and oxygen atoms in total. The van der Waals surface area contributed by atoms with E-state index in [1.165, 1.54) is 28.2 Å². The summed E-state index contributed by atoms with van der Waals surface area (Å²) >= 11 is 0. The van der Waals surface area contributed by atoms with E-state index in [0.717, 1.165) is 32.4 Å². The molecule has 3 heteroatoms. The summed E-state index contributed by atoms with van der Waals surface area (Å²) in [6, 6.07) is 8.86. The second-order valence-corrected chi connectivity index (χ2v) is 5.55. The summed E-state index contributed by atoms with van der Waals surface area (Å²) in [4.78, 5) is 0. The highest BCUT2D eigenvalue weighted by Crippen LogP contribution is 2.20. The normalized spacial score (nSPS) is 11.0. The number of rotatable bonds is 7. The summed E-state index contributed by atoms with van der Waals surface area (Å²) in [6.45, 7) is 10.6. The minimum Gasteiger partial charge on any atom is -0.313 e. The molecule has 0 aliphatic carbocycles. The van der Waals surface area contributed by atoms with Crippen molar-refractivity contribution in [1.29, 1.82) is 0 Å². The van der Waals surface area contributed by atoms with Gasteiger partial charge in [0.2, 0.25) is 0 Å². The molecule has 0 fully saturated rings. The van der Waals surface area contributed by atoms with Crippen LogP contribution in [0.3, 0.4) is 0 Å². The Bertz CT molecular complexity index is 584. The van der Waals surface area contributed by atoms with Crippen LogP contribution in [0.1, 0.15) is 49.7 Å². The lowest BCUT2D eigenvalue weighted by molar-refractivity contribution is 0.667. The van der Waals surface area contributed by atoms with E-state index < -0.39 is 0 Å². The summed E-state index contributed by atoms with van der Waals surface area (Å²) < 4.78 is 2.13. The molecular weight excluding hydrogens is 258 g/mol. The van der Waals surface area contributed by atoms with E-state index in [9.17, 15) is 0 Å². The fourth-order valence-corrected chi connectivity index (χ4v) is 2.57. The molecule has 0 radical (unpaired) electrons. The van der Waals surface area contributed by atoms with Gasteiger partial charge >= 0.3 is 0 Å². The SMILES string of the molecule is CCCNCc1cc(C)ccc1-n1nc(CC)cc1CC. The van der Waals surface area contributed by atoms with Crippen LogP contribution in [-0.4, -0.2) is 16.3 Å². The van der Waals surface area contributed by atoms with Gasteiger partial charge in [0.1, 0.15) is 0 Å². The number of aryl methyl sites for hydroxylation is 3. The monoisotopic (exact) mass is 285 g/mol. The quantitative estimate of drug-likeness (QED) is 0.784. The molecule has 0 aliphatic heterocycles. The summed E-state index contributed by atoms with van der Waals surface area (Å²) in [5, 5.41) is 8.28. The lowest BCUT2D eigenvalue weighted by Gasteiger charge is -2.13. The van der Waals surface area contributed by atoms with Crippen molar-refractivity contribution in [2.75, 3.05) is 6.54 Å². The highest BCUT2D eigenvalue weighted by Gasteiger charge is 2.11. The fourth-order valence-electron chi connectivity index (χ4n) is 2.57. The van der Waals surface area contributed by atoms with Crippen molar-refractivity contribution in [3.8, 4) is 5.69 Å². The van der Waals surface area contributed by atoms with Gasteiger partial charge in [-0.3, -0.25) is 0 Å². The topological polar surface area (TPSA) is 29.9 Å². The standard InChI is InChI=1S/C18H27N3/c1-5-10-19-13-15-11-14(4)8-9-18(15)21-17(7-3)12-16(6-2)20-21/h8-9,11-12,19H,5-7,10,13H2,1-4H3. The van der Waals surface area contributed by atoms with Crippen LogP contribution in [0.15, 0.2) is 24.3 Å². The van der Waals surface area contributed by atoms with Gasteiger partial charge in [0.15, 0.2) is 0 Å². The number of nitrogens with one attached hydrogen (secondary N) is 1. The fraction of sp³-hybridized carbons (Fsp3) is 0.500. The van der Waals surface area contributed by atoms with Crippen molar-refractivity contribution in [3.63, 3.8) is 0 Å². The highest BCUT2D eigenvalue weighted by atomic mass is 15.3. The Morgan fingerprint density at radius 3 is 2.57 bits per heavy atom. The van der Waals surface area contributed by atoms with E-state index in [1.54, 1.807) is 0 Å². The van der Waals surface area contributed by atoms with Crippen LogP contribution in [0.4, 0.5) is 0 Å². The largest absolute Gasteiger partial charge is 0.313 e. The first kappa shape index (κ1) is 15.8. The zero-order valence-corrected chi connectivity index (χ0v) is 13.7. The summed E-state index contributed by atoms with van der Waals surface area (Å²) in [5.41, 5.74) is 6.28. The Morgan fingerprint density at radius 2 is 1.90 bits per heavy atom. The van der Waals surface area contributed by atoms with E-state index in [4.69, 9.17) is 5.10 Å². The molecule has 0 bridgehead atoms. The van der Waals surface area contributed by atoms with Crippen molar-refractivity contribution in [2.24, 2.45) is 0 Å². The predicted octanol–water partition coefficient (Wildman–Crippen LogP) is 3.81. The minimum absolute atomic E-state index is 0.898. The third-order valence-corrected chi connectivity index (χ3v) is 3.76. The zero-order chi connectivity index (χ0) is 15.2. The van der Waals surface area contributed by atoms with Gasteiger partial charge in [0, 0.05) is 12.2 Å². The molecule has 1 N–H and O–H groups in total. The molecule has 1 heterocycles. The Labute approximate surface area is 128 Å². The molecule has 2 rings (SSSR count). The third-order valence-electron chi connectivity index (χ3n) is 3.76. The van der Waals surface area contributed by atoms with Gasteiger partial charge in [-0.15, -0.1) is 0 Å². The molecule has 0 atom stereocenters. The molecule has 21 heavy (non-hydrogen) atoms. The maximum atomic E-state index is 4.78. The van der Waals surface area contributed by atoms with Gasteiger partial charge in [-0.05, 0) is 50.4 Å². The van der Waals surface area contributed by atoms with Crippen LogP contribution in [0.5, 0.6) is 0 Å². The molecule has 0 amide bonds. The van der Waals surface area contributed by atoms with E-state index in [0.29, 0.717) is 0 Å². The van der Waals surface area contributed by atoms with Gasteiger partial charge in [0.05, 0.1) is 11.4 Å². The number of hydrogen-bond acceptors (Lipinski definition) is 2. The molecule has 0 aliphatic rings. The number of benzene rings is 1. The Kier molecular flexibility index (Phi) is 5.57. The third kappa shape index (κ3) is 3.73. The Morgan fingerprint density at radius 1 is 1.10 bits per heavy atom. The average molecular weight is 285 g/mol. The van der Waals surface area contributed by atoms with Crippen LogP contribution < -0.4 is 5.32 Å². The second-order valence-electron chi connectivity index (χ2n) is 5.55. The maximum absolute atomic E-state index is 4.78. The summed E-state index contributed by atoms with van der Waals surface area (Å²) in [5.74, 6) is 0. The molecule has 0 spiro atoms. The number of aromatic nitrogens is 2. The molecule has 1 aromatic heterocycles. The van der Waals surface area contributed by atoms with Gasteiger partial charge in [-0.25, -0.2) is 4.68 Å². The summed E-state index contributed by atoms with van der Waals surface area (Å²) in [7, 11) is 0. The summed E-state index contributed by atoms with van der Waals surface area (Å²) in [6.07, 6.45) is 3.14. The van der Waals surface area contributed by atoms with Crippen LogP contribution in [0.25, 0.3) is 5.69 Å². The number of hydrogen-bond donors (Lipinski definition) is 1. The van der Waals surface area contributed by atoms with Crippen molar-refractivity contribution >= 4 is 0 Å². The van der Waals surface area contributed by atoms with Crippen molar-refractivity contribution in [2.45, 2.75) is 53.5 Å². The first-order valence-electron chi connectivity index (χ1n) is 8.08. The van der Waals surface area contributed by atoms with Gasteiger partial charge < -0.3 is 5.32 Å². The molecule has 0 saturated carbocycles. The highest BCUT2D eigenvalue weighted by molar-refractivity contribution is 5.44. The van der Waals surface area contributed by atoms with E-state index in [-0.39, 0.29) is 0 Å². The molecule has 0 saturated heterocycles. The van der Waals surface area contributed by atoms with Crippen molar-refractivity contribution in [3.05, 3.63) is 46.8 Å². The average Bonchev–Trinajstić information content (AvgIpc) is 2.91. The van der Waals surface area contributed by atoms with Gasteiger partial charge in [0.25, 0.3) is 0 Å². The van der Waals surface area contributed by atoms with Crippen LogP contribution in [0.2, 0.25) is 0 Å². The predicted molar refractivity (Wildman–Crippen MR) is 89.1 cm³/mol. The Balaban J connectivity index is 2.40. The first-order chi connectivity index (χ1) is 10.2. The second kappa shape index (κ2) is 7.41. The van der Waals surface area contributed by atoms with Crippen molar-refractivity contribution < 1.29 is 0 Å². The minimum atomic E-state index is 0.898. The first-order valence-corrected chi connectivity index (χ1v) is 8.08. The van der Waals surface area contributed by atoms with Gasteiger partial charge in [-0.2, -0.15) is 5.10 Å². The molecule has 1 aromatic carbocycles. The molecule has 2 aromatic rings. The number of nitrogens with zero attached hydrogens (tertiary/aromatic N) is 2. The molecule has 114 valence electrons. The lowest BCUT2D eigenvalue weighted by atomic mass is 10.1. The Hall–Kier alpha value is -1.61.